The maximum Gasteiger partial charge on any atom is 0.350 e. The molecule has 6 nitrogen and oxygen atoms in total. The normalized spacial score (nSPS) is 11.5. The molecule has 0 bridgehead atoms. The van der Waals surface area contributed by atoms with Gasteiger partial charge in [-0.2, -0.15) is 0 Å². The molecule has 0 aliphatic carbocycles. The van der Waals surface area contributed by atoms with E-state index in [1.54, 1.807) is 24.8 Å². The van der Waals surface area contributed by atoms with E-state index in [1.807, 2.05) is 44.2 Å². The summed E-state index contributed by atoms with van der Waals surface area (Å²) in [6, 6.07) is 11.1. The second kappa shape index (κ2) is 9.75. The minimum atomic E-state index is -0.497. The monoisotopic (exact) mass is 495 g/mol. The zero-order chi connectivity index (χ0) is 24.4. The summed E-state index contributed by atoms with van der Waals surface area (Å²) < 4.78 is 16.3. The third kappa shape index (κ3) is 4.44. The van der Waals surface area contributed by atoms with E-state index in [1.165, 1.54) is 24.5 Å². The summed E-state index contributed by atoms with van der Waals surface area (Å²) in [6.07, 6.45) is 3.19. The summed E-state index contributed by atoms with van der Waals surface area (Å²) in [5.74, 6) is -0.244. The summed E-state index contributed by atoms with van der Waals surface area (Å²) >= 11 is 7.25. The first kappa shape index (κ1) is 23.6. The molecule has 1 N–H and O–H groups in total. The van der Waals surface area contributed by atoms with Crippen LogP contribution in [0.5, 0.6) is 5.75 Å². The topological polar surface area (TPSA) is 77.8 Å². The highest BCUT2D eigenvalue weighted by atomic mass is 35.5. The molecule has 0 atom stereocenters. The minimum Gasteiger partial charge on any atom is -0.496 e. The fourth-order valence-electron chi connectivity index (χ4n) is 3.83. The van der Waals surface area contributed by atoms with E-state index in [0.29, 0.717) is 32.5 Å². The Morgan fingerprint density at radius 2 is 1.88 bits per heavy atom. The number of allylic oxidation sites excluding steroid dienone is 1. The van der Waals surface area contributed by atoms with Crippen molar-refractivity contribution in [2.75, 3.05) is 19.5 Å². The quantitative estimate of drug-likeness (QED) is 0.231. The Morgan fingerprint density at radius 1 is 1.15 bits per heavy atom. The van der Waals surface area contributed by atoms with Crippen LogP contribution < -0.4 is 10.1 Å². The molecule has 0 aliphatic heterocycles. The zero-order valence-electron chi connectivity index (χ0n) is 19.0. The largest absolute Gasteiger partial charge is 0.496 e. The molecule has 2 heterocycles. The van der Waals surface area contributed by atoms with E-state index in [-0.39, 0.29) is 5.91 Å². The summed E-state index contributed by atoms with van der Waals surface area (Å²) in [6.45, 7) is 3.75. The number of aryl methyl sites for hydroxylation is 1. The molecule has 8 heteroatoms. The Hall–Kier alpha value is -3.55. The molecule has 34 heavy (non-hydrogen) atoms. The lowest BCUT2D eigenvalue weighted by atomic mass is 9.96. The van der Waals surface area contributed by atoms with Gasteiger partial charge >= 0.3 is 5.97 Å². The molecule has 2 aromatic carbocycles. The van der Waals surface area contributed by atoms with Gasteiger partial charge in [-0.05, 0) is 54.6 Å². The zero-order valence-corrected chi connectivity index (χ0v) is 20.6. The number of amides is 1. The number of thiophene rings is 1. The summed E-state index contributed by atoms with van der Waals surface area (Å²) in [5.41, 5.74) is 5.28. The van der Waals surface area contributed by atoms with Crippen molar-refractivity contribution in [1.82, 2.24) is 0 Å². The van der Waals surface area contributed by atoms with Gasteiger partial charge in [0.2, 0.25) is 5.91 Å². The van der Waals surface area contributed by atoms with Crippen molar-refractivity contribution < 1.29 is 23.5 Å². The molecule has 0 saturated carbocycles. The molecule has 0 saturated heterocycles. The van der Waals surface area contributed by atoms with Crippen LogP contribution in [0.25, 0.3) is 27.7 Å². The molecule has 2 aromatic heterocycles. The van der Waals surface area contributed by atoms with Gasteiger partial charge in [0.15, 0.2) is 0 Å². The van der Waals surface area contributed by atoms with Crippen LogP contribution in [-0.4, -0.2) is 26.1 Å². The first-order valence-corrected chi connectivity index (χ1v) is 11.6. The van der Waals surface area contributed by atoms with E-state index in [9.17, 15) is 9.59 Å². The second-order valence-electron chi connectivity index (χ2n) is 7.59. The molecule has 0 fully saturated rings. The smallest absolute Gasteiger partial charge is 0.350 e. The number of rotatable bonds is 6. The first-order valence-electron chi connectivity index (χ1n) is 10.3. The maximum absolute atomic E-state index is 12.8. The van der Waals surface area contributed by atoms with Crippen LogP contribution in [0.2, 0.25) is 5.02 Å². The van der Waals surface area contributed by atoms with E-state index in [4.69, 9.17) is 25.5 Å². The SMILES string of the molecule is COC(=O)c1sccc1NC(=O)/C=C(\C)c1cc2c(-c3ccc(Cl)cc3)coc2c(C)c1OC. The Kier molecular flexibility index (Phi) is 6.77. The lowest BCUT2D eigenvalue weighted by Gasteiger charge is -2.13. The average Bonchev–Trinajstić information content (AvgIpc) is 3.46. The predicted octanol–water partition coefficient (Wildman–Crippen LogP) is 6.96. The van der Waals surface area contributed by atoms with Crippen LogP contribution in [0.3, 0.4) is 0 Å². The molecule has 4 aromatic rings. The number of fused-ring (bicyclic) bond motifs is 1. The number of furan rings is 1. The molecule has 1 amide bonds. The van der Waals surface area contributed by atoms with Crippen molar-refractivity contribution in [1.29, 1.82) is 0 Å². The van der Waals surface area contributed by atoms with Gasteiger partial charge in [0, 0.05) is 33.2 Å². The number of carbonyl (C=O) groups is 2. The van der Waals surface area contributed by atoms with Crippen LogP contribution in [-0.2, 0) is 9.53 Å². The summed E-state index contributed by atoms with van der Waals surface area (Å²) in [7, 11) is 2.89. The Bertz CT molecular complexity index is 1420. The highest BCUT2D eigenvalue weighted by Gasteiger charge is 2.20. The number of halogens is 1. The van der Waals surface area contributed by atoms with E-state index in [2.05, 4.69) is 5.32 Å². The van der Waals surface area contributed by atoms with Crippen molar-refractivity contribution >= 4 is 57.0 Å². The fraction of sp³-hybridized carbons (Fsp3) is 0.154. The predicted molar refractivity (Wildman–Crippen MR) is 136 cm³/mol. The lowest BCUT2D eigenvalue weighted by molar-refractivity contribution is -0.111. The molecule has 0 aliphatic rings. The third-order valence-electron chi connectivity index (χ3n) is 5.47. The van der Waals surface area contributed by atoms with Gasteiger partial charge in [0.05, 0.1) is 26.2 Å². The number of esters is 1. The Labute approximate surface area is 205 Å². The van der Waals surface area contributed by atoms with E-state index in [0.717, 1.165) is 27.6 Å². The van der Waals surface area contributed by atoms with Gasteiger partial charge in [-0.15, -0.1) is 11.3 Å². The molecular formula is C26H22ClNO5S. The third-order valence-corrected chi connectivity index (χ3v) is 6.62. The van der Waals surface area contributed by atoms with E-state index < -0.39 is 5.97 Å². The minimum absolute atomic E-state index is 0.336. The van der Waals surface area contributed by atoms with Crippen molar-refractivity contribution in [3.8, 4) is 16.9 Å². The highest BCUT2D eigenvalue weighted by Crippen LogP contribution is 2.40. The Morgan fingerprint density at radius 3 is 2.56 bits per heavy atom. The molecular weight excluding hydrogens is 474 g/mol. The molecule has 0 unspecified atom stereocenters. The number of anilines is 1. The number of methoxy groups -OCH3 is 2. The van der Waals surface area contributed by atoms with Gasteiger partial charge in [0.1, 0.15) is 16.2 Å². The van der Waals surface area contributed by atoms with Crippen molar-refractivity contribution in [3.63, 3.8) is 0 Å². The highest BCUT2D eigenvalue weighted by molar-refractivity contribution is 7.12. The van der Waals surface area contributed by atoms with Gasteiger partial charge in [-0.1, -0.05) is 23.7 Å². The molecule has 0 radical (unpaired) electrons. The van der Waals surface area contributed by atoms with Crippen molar-refractivity contribution in [2.45, 2.75) is 13.8 Å². The number of hydrogen-bond donors (Lipinski definition) is 1. The van der Waals surface area contributed by atoms with Crippen LogP contribution >= 0.6 is 22.9 Å². The summed E-state index contributed by atoms with van der Waals surface area (Å²) in [4.78, 5) is 25.0. The Balaban J connectivity index is 1.74. The van der Waals surface area contributed by atoms with Gasteiger partial charge < -0.3 is 19.2 Å². The number of nitrogens with one attached hydrogen (secondary N) is 1. The average molecular weight is 496 g/mol. The van der Waals surface area contributed by atoms with Crippen LogP contribution in [0.1, 0.15) is 27.7 Å². The number of ether oxygens (including phenoxy) is 2. The van der Waals surface area contributed by atoms with E-state index >= 15 is 0 Å². The number of hydrogen-bond acceptors (Lipinski definition) is 6. The summed E-state index contributed by atoms with van der Waals surface area (Å²) in [5, 5.41) is 6.03. The van der Waals surface area contributed by atoms with Crippen LogP contribution in [0.15, 0.2) is 58.5 Å². The maximum atomic E-state index is 12.8. The second-order valence-corrected chi connectivity index (χ2v) is 8.94. The van der Waals surface area contributed by atoms with Crippen molar-refractivity contribution in [2.24, 2.45) is 0 Å². The van der Waals surface area contributed by atoms with Crippen LogP contribution in [0.4, 0.5) is 5.69 Å². The molecule has 4 rings (SSSR count). The van der Waals surface area contributed by atoms with Gasteiger partial charge in [0.25, 0.3) is 0 Å². The standard InChI is InChI=1S/C26H22ClNO5S/c1-14(11-22(29)28-21-9-10-34-25(21)26(30)32-4)18-12-19-20(16-5-7-17(27)8-6-16)13-33-24(19)15(2)23(18)31-3/h5-13H,1-4H3,(H,28,29)/b14-11+. The van der Waals surface area contributed by atoms with Gasteiger partial charge in [-0.3, -0.25) is 4.79 Å². The number of carbonyl (C=O) groups excluding carboxylic acids is 2. The number of benzene rings is 2. The molecule has 174 valence electrons. The fourth-order valence-corrected chi connectivity index (χ4v) is 4.72. The molecule has 0 spiro atoms. The van der Waals surface area contributed by atoms with Gasteiger partial charge in [-0.25, -0.2) is 4.79 Å². The van der Waals surface area contributed by atoms with Crippen LogP contribution in [0, 0.1) is 6.92 Å². The first-order chi connectivity index (χ1) is 16.3. The van der Waals surface area contributed by atoms with Crippen molar-refractivity contribution in [3.05, 3.63) is 75.1 Å². The lowest BCUT2D eigenvalue weighted by Crippen LogP contribution is -2.11.